The summed E-state index contributed by atoms with van der Waals surface area (Å²) in [7, 11) is 1.43. The van der Waals surface area contributed by atoms with E-state index in [2.05, 4.69) is 19.8 Å². The van der Waals surface area contributed by atoms with Gasteiger partial charge in [0.05, 0.1) is 18.0 Å². The molecule has 0 spiro atoms. The maximum atomic E-state index is 12.4. The summed E-state index contributed by atoms with van der Waals surface area (Å²) < 4.78 is 11.0. The third-order valence-corrected chi connectivity index (χ3v) is 4.09. The molecule has 4 rings (SSSR count). The zero-order valence-corrected chi connectivity index (χ0v) is 14.6. The average molecular weight is 378 g/mol. The summed E-state index contributed by atoms with van der Waals surface area (Å²) >= 11 is 0. The molecule has 0 bridgehead atoms. The van der Waals surface area contributed by atoms with Crippen LogP contribution >= 0.6 is 0 Å². The Morgan fingerprint density at radius 3 is 2.79 bits per heavy atom. The van der Waals surface area contributed by atoms with Gasteiger partial charge in [0, 0.05) is 12.1 Å². The van der Waals surface area contributed by atoms with Crippen LogP contribution in [0.5, 0.6) is 11.5 Å². The van der Waals surface area contributed by atoms with E-state index in [1.807, 2.05) is 0 Å². The van der Waals surface area contributed by atoms with E-state index in [-0.39, 0.29) is 17.1 Å². The third kappa shape index (κ3) is 3.28. The van der Waals surface area contributed by atoms with Gasteiger partial charge in [0.15, 0.2) is 0 Å². The molecule has 2 heterocycles. The lowest BCUT2D eigenvalue weighted by Crippen LogP contribution is -2.32. The number of fused-ring (bicyclic) bond motifs is 1. The van der Waals surface area contributed by atoms with Gasteiger partial charge in [0.1, 0.15) is 11.6 Å². The number of aromatic nitrogens is 4. The van der Waals surface area contributed by atoms with Crippen LogP contribution in [0, 0.1) is 0 Å². The molecule has 4 aromatic rings. The Morgan fingerprint density at radius 1 is 1.18 bits per heavy atom. The van der Waals surface area contributed by atoms with Gasteiger partial charge in [-0.1, -0.05) is 24.0 Å². The fourth-order valence-corrected chi connectivity index (χ4v) is 2.72. The van der Waals surface area contributed by atoms with Gasteiger partial charge in [-0.05, 0) is 33.7 Å². The van der Waals surface area contributed by atoms with E-state index in [9.17, 15) is 14.7 Å². The van der Waals surface area contributed by atoms with Crippen LogP contribution in [-0.4, -0.2) is 22.3 Å². The second-order valence-electron chi connectivity index (χ2n) is 5.91. The zero-order chi connectivity index (χ0) is 19.7. The molecule has 0 unspecified atom stereocenters. The Bertz CT molecular complexity index is 1320. The summed E-state index contributed by atoms with van der Waals surface area (Å²) in [6.45, 7) is 0. The van der Waals surface area contributed by atoms with Crippen molar-refractivity contribution in [3.8, 4) is 17.2 Å². The number of methoxy groups -OCH3 is 1. The first-order chi connectivity index (χ1) is 13.5. The Morgan fingerprint density at radius 2 is 2.04 bits per heavy atom. The first-order valence-corrected chi connectivity index (χ1v) is 8.21. The van der Waals surface area contributed by atoms with Gasteiger partial charge in [0.25, 0.3) is 11.8 Å². The number of hydrogen-bond acceptors (Lipinski definition) is 6. The number of benzene rings is 2. The molecule has 0 radical (unpaired) electrons. The second kappa shape index (κ2) is 6.88. The van der Waals surface area contributed by atoms with Crippen molar-refractivity contribution in [2.24, 2.45) is 0 Å². The summed E-state index contributed by atoms with van der Waals surface area (Å²) in [5.41, 5.74) is 0.916. The van der Waals surface area contributed by atoms with Crippen molar-refractivity contribution in [3.05, 3.63) is 74.8 Å². The monoisotopic (exact) mass is 378 g/mol. The molecule has 9 heteroatoms. The smallest absolute Gasteiger partial charge is 0.427 e. The van der Waals surface area contributed by atoms with Crippen molar-refractivity contribution < 1.29 is 19.0 Å². The van der Waals surface area contributed by atoms with Crippen molar-refractivity contribution in [2.75, 3.05) is 7.11 Å². The Balaban J connectivity index is 1.69. The van der Waals surface area contributed by atoms with Crippen LogP contribution in [0.4, 0.5) is 0 Å². The van der Waals surface area contributed by atoms with Crippen molar-refractivity contribution in [3.63, 3.8) is 0 Å². The van der Waals surface area contributed by atoms with Crippen LogP contribution in [0.25, 0.3) is 28.7 Å². The summed E-state index contributed by atoms with van der Waals surface area (Å²) in [4.78, 5) is 30.7. The minimum absolute atomic E-state index is 0.204. The SMILES string of the molecule is COc1cc(/C=C\c2nc3ccc(-[n+]4cc(=O)o[nH]4)cc3c(=O)[nH]2)ccc1[O-]. The molecular formula is C19H14N4O5. The number of ether oxygens (including phenoxy) is 1. The number of aromatic amines is 2. The number of H-pyrrole nitrogens is 2. The lowest BCUT2D eigenvalue weighted by Gasteiger charge is -2.12. The lowest BCUT2D eigenvalue weighted by atomic mass is 10.2. The number of nitrogens with zero attached hydrogens (tertiary/aromatic N) is 2. The lowest BCUT2D eigenvalue weighted by molar-refractivity contribution is -0.670. The molecule has 9 nitrogen and oxygen atoms in total. The summed E-state index contributed by atoms with van der Waals surface area (Å²) in [6.07, 6.45) is 4.57. The van der Waals surface area contributed by atoms with Gasteiger partial charge in [-0.2, -0.15) is 0 Å². The number of nitrogens with one attached hydrogen (secondary N) is 2. The Labute approximate surface area is 157 Å². The highest BCUT2D eigenvalue weighted by molar-refractivity contribution is 5.80. The predicted molar refractivity (Wildman–Crippen MR) is 98.2 cm³/mol. The quantitative estimate of drug-likeness (QED) is 0.504. The summed E-state index contributed by atoms with van der Waals surface area (Å²) in [5.74, 6) is 0.397. The molecule has 2 aromatic carbocycles. The van der Waals surface area contributed by atoms with E-state index >= 15 is 0 Å². The van der Waals surface area contributed by atoms with Crippen molar-refractivity contribution in [1.82, 2.24) is 15.2 Å². The van der Waals surface area contributed by atoms with Crippen molar-refractivity contribution >= 4 is 23.1 Å². The standard InChI is InChI=1S/C19H14N4O5/c1-27-16-8-11(2-6-15(16)24)3-7-17-20-14-5-4-12(9-13(14)19(26)21-17)23-10-18(25)28-22-23/h2-10H,1H3,(H2-,20,21,22,24,25,26). The fraction of sp³-hybridized carbons (Fsp3) is 0.0526. The molecule has 0 aliphatic carbocycles. The van der Waals surface area contributed by atoms with Gasteiger partial charge < -0.3 is 14.8 Å². The van der Waals surface area contributed by atoms with E-state index < -0.39 is 5.63 Å². The van der Waals surface area contributed by atoms with E-state index in [4.69, 9.17) is 4.74 Å². The van der Waals surface area contributed by atoms with Crippen LogP contribution in [-0.2, 0) is 0 Å². The molecule has 0 fully saturated rings. The normalized spacial score (nSPS) is 11.3. The van der Waals surface area contributed by atoms with Crippen LogP contribution in [0.15, 0.2) is 56.7 Å². The molecular weight excluding hydrogens is 364 g/mol. The van der Waals surface area contributed by atoms with E-state index in [0.29, 0.717) is 22.4 Å². The highest BCUT2D eigenvalue weighted by Gasteiger charge is 2.13. The van der Waals surface area contributed by atoms with Crippen LogP contribution in [0.2, 0.25) is 0 Å². The van der Waals surface area contributed by atoms with Gasteiger partial charge >= 0.3 is 5.63 Å². The predicted octanol–water partition coefficient (Wildman–Crippen LogP) is 0.734. The Kier molecular flexibility index (Phi) is 4.24. The van der Waals surface area contributed by atoms with Gasteiger partial charge in [-0.15, -0.1) is 0 Å². The molecule has 0 aliphatic heterocycles. The highest BCUT2D eigenvalue weighted by atomic mass is 16.5. The highest BCUT2D eigenvalue weighted by Crippen LogP contribution is 2.24. The molecule has 2 N–H and O–H groups in total. The average Bonchev–Trinajstić information content (AvgIpc) is 3.13. The third-order valence-electron chi connectivity index (χ3n) is 4.09. The van der Waals surface area contributed by atoms with E-state index in [1.54, 1.807) is 42.5 Å². The van der Waals surface area contributed by atoms with Crippen LogP contribution in [0.3, 0.4) is 0 Å². The van der Waals surface area contributed by atoms with Crippen LogP contribution in [0.1, 0.15) is 11.4 Å². The number of rotatable bonds is 4. The summed E-state index contributed by atoms with van der Waals surface area (Å²) in [6, 6.07) is 9.63. The molecule has 2 aromatic heterocycles. The summed E-state index contributed by atoms with van der Waals surface area (Å²) in [5, 5.41) is 14.3. The fourth-order valence-electron chi connectivity index (χ4n) is 2.72. The minimum Gasteiger partial charge on any atom is -0.870 e. The topological polar surface area (TPSA) is 128 Å². The second-order valence-corrected chi connectivity index (χ2v) is 5.91. The first kappa shape index (κ1) is 17.3. The molecule has 0 aliphatic rings. The largest absolute Gasteiger partial charge is 0.870 e. The van der Waals surface area contributed by atoms with Crippen LogP contribution < -0.4 is 25.7 Å². The van der Waals surface area contributed by atoms with Crippen molar-refractivity contribution in [1.29, 1.82) is 0 Å². The van der Waals surface area contributed by atoms with Gasteiger partial charge in [-0.25, -0.2) is 9.78 Å². The molecule has 0 saturated heterocycles. The van der Waals surface area contributed by atoms with Crippen molar-refractivity contribution in [2.45, 2.75) is 0 Å². The molecule has 0 atom stereocenters. The molecule has 140 valence electrons. The van der Waals surface area contributed by atoms with Gasteiger partial charge in [-0.3, -0.25) is 9.32 Å². The number of hydrogen-bond donors (Lipinski definition) is 2. The maximum Gasteiger partial charge on any atom is 0.427 e. The van der Waals surface area contributed by atoms with Gasteiger partial charge in [0.2, 0.25) is 5.69 Å². The molecule has 0 saturated carbocycles. The minimum atomic E-state index is -0.533. The molecule has 28 heavy (non-hydrogen) atoms. The molecule has 0 amide bonds. The zero-order valence-electron chi connectivity index (χ0n) is 14.6. The van der Waals surface area contributed by atoms with E-state index in [0.717, 1.165) is 5.56 Å². The maximum absolute atomic E-state index is 12.4. The van der Waals surface area contributed by atoms with E-state index in [1.165, 1.54) is 24.1 Å². The first-order valence-electron chi connectivity index (χ1n) is 8.21. The Hall–Kier alpha value is -4.14.